The molecule has 1 fully saturated rings. The van der Waals surface area contributed by atoms with Crippen molar-refractivity contribution in [1.82, 2.24) is 5.32 Å². The highest BCUT2D eigenvalue weighted by atomic mass is 32.1. The maximum Gasteiger partial charge on any atom is 0.256 e. The lowest BCUT2D eigenvalue weighted by atomic mass is 9.71. The van der Waals surface area contributed by atoms with Crippen LogP contribution in [0.4, 0.5) is 0 Å². The highest BCUT2D eigenvalue weighted by Crippen LogP contribution is 2.39. The maximum absolute atomic E-state index is 5.67. The summed E-state index contributed by atoms with van der Waals surface area (Å²) >= 11 is 5.02. The van der Waals surface area contributed by atoms with E-state index in [4.69, 9.17) is 17.0 Å². The molecule has 0 heterocycles. The standard InChI is InChI=1S/C11H21NOS/c1-8-5-9(13-10(14)12-4)7-11(2,3)6-8/h8-9H,5-7H2,1-4H3,(H,12,14)/t8-,9+/m0/s1. The maximum atomic E-state index is 5.67. The van der Waals surface area contributed by atoms with E-state index in [0.717, 1.165) is 18.8 Å². The molecule has 82 valence electrons. The average molecular weight is 215 g/mol. The van der Waals surface area contributed by atoms with E-state index in [-0.39, 0.29) is 0 Å². The van der Waals surface area contributed by atoms with Crippen molar-refractivity contribution in [2.75, 3.05) is 7.05 Å². The Balaban J connectivity index is 2.50. The summed E-state index contributed by atoms with van der Waals surface area (Å²) in [6, 6.07) is 0. The number of nitrogens with one attached hydrogen (secondary N) is 1. The van der Waals surface area contributed by atoms with Crippen LogP contribution in [0.5, 0.6) is 0 Å². The molecule has 0 amide bonds. The van der Waals surface area contributed by atoms with Crippen LogP contribution >= 0.6 is 12.2 Å². The fraction of sp³-hybridized carbons (Fsp3) is 0.909. The van der Waals surface area contributed by atoms with Crippen molar-refractivity contribution < 1.29 is 4.74 Å². The first-order valence-corrected chi connectivity index (χ1v) is 5.72. The van der Waals surface area contributed by atoms with Crippen molar-refractivity contribution in [3.63, 3.8) is 0 Å². The van der Waals surface area contributed by atoms with E-state index in [9.17, 15) is 0 Å². The van der Waals surface area contributed by atoms with Gasteiger partial charge in [-0.2, -0.15) is 0 Å². The Hall–Kier alpha value is -0.310. The first kappa shape index (κ1) is 11.8. The van der Waals surface area contributed by atoms with E-state index in [2.05, 4.69) is 26.1 Å². The number of hydrogen-bond acceptors (Lipinski definition) is 2. The molecule has 0 saturated heterocycles. The molecule has 1 aliphatic carbocycles. The van der Waals surface area contributed by atoms with Crippen LogP contribution in [-0.4, -0.2) is 18.3 Å². The van der Waals surface area contributed by atoms with Crippen molar-refractivity contribution in [3.8, 4) is 0 Å². The van der Waals surface area contributed by atoms with E-state index >= 15 is 0 Å². The zero-order valence-electron chi connectivity index (χ0n) is 9.59. The van der Waals surface area contributed by atoms with Crippen LogP contribution in [0.3, 0.4) is 0 Å². The molecule has 0 radical (unpaired) electrons. The summed E-state index contributed by atoms with van der Waals surface area (Å²) in [6.45, 7) is 6.91. The molecule has 0 aromatic heterocycles. The van der Waals surface area contributed by atoms with Gasteiger partial charge < -0.3 is 10.1 Å². The lowest BCUT2D eigenvalue weighted by Crippen LogP contribution is -2.35. The summed E-state index contributed by atoms with van der Waals surface area (Å²) < 4.78 is 5.67. The van der Waals surface area contributed by atoms with Gasteiger partial charge in [-0.15, -0.1) is 0 Å². The van der Waals surface area contributed by atoms with Crippen molar-refractivity contribution in [3.05, 3.63) is 0 Å². The molecule has 1 N–H and O–H groups in total. The molecule has 0 spiro atoms. The third-order valence-corrected chi connectivity index (χ3v) is 3.12. The Labute approximate surface area is 92.4 Å². The normalized spacial score (nSPS) is 30.9. The largest absolute Gasteiger partial charge is 0.468 e. The molecular formula is C11H21NOS. The van der Waals surface area contributed by atoms with E-state index in [1.54, 1.807) is 7.05 Å². The molecule has 0 aliphatic heterocycles. The van der Waals surface area contributed by atoms with E-state index in [1.807, 2.05) is 0 Å². The predicted octanol–water partition coefficient (Wildman–Crippen LogP) is 2.72. The summed E-state index contributed by atoms with van der Waals surface area (Å²) in [5.41, 5.74) is 0.395. The van der Waals surface area contributed by atoms with Crippen LogP contribution in [0, 0.1) is 11.3 Å². The van der Waals surface area contributed by atoms with Crippen molar-refractivity contribution >= 4 is 17.4 Å². The molecule has 0 aromatic rings. The molecule has 1 aliphatic rings. The average Bonchev–Trinajstić information content (AvgIpc) is 1.99. The Morgan fingerprint density at radius 3 is 2.57 bits per heavy atom. The minimum absolute atomic E-state index is 0.300. The van der Waals surface area contributed by atoms with Gasteiger partial charge in [0.1, 0.15) is 6.10 Å². The van der Waals surface area contributed by atoms with Crippen LogP contribution in [0.15, 0.2) is 0 Å². The Kier molecular flexibility index (Phi) is 3.76. The fourth-order valence-electron chi connectivity index (χ4n) is 2.56. The van der Waals surface area contributed by atoms with Gasteiger partial charge in [-0.05, 0) is 42.8 Å². The zero-order chi connectivity index (χ0) is 10.8. The van der Waals surface area contributed by atoms with Gasteiger partial charge in [0, 0.05) is 7.05 Å². The van der Waals surface area contributed by atoms with E-state index < -0.39 is 0 Å². The van der Waals surface area contributed by atoms with Crippen molar-refractivity contribution in [2.24, 2.45) is 11.3 Å². The fourth-order valence-corrected chi connectivity index (χ4v) is 2.69. The second-order valence-corrected chi connectivity index (χ2v) is 5.56. The van der Waals surface area contributed by atoms with Gasteiger partial charge in [0.05, 0.1) is 0 Å². The summed E-state index contributed by atoms with van der Waals surface area (Å²) in [4.78, 5) is 0. The lowest BCUT2D eigenvalue weighted by Gasteiger charge is -2.38. The van der Waals surface area contributed by atoms with Crippen LogP contribution in [0.1, 0.15) is 40.0 Å². The molecule has 14 heavy (non-hydrogen) atoms. The molecule has 2 atom stereocenters. The van der Waals surface area contributed by atoms with Gasteiger partial charge in [-0.25, -0.2) is 0 Å². The highest BCUT2D eigenvalue weighted by Gasteiger charge is 2.33. The lowest BCUT2D eigenvalue weighted by molar-refractivity contribution is 0.0480. The molecule has 1 rings (SSSR count). The minimum Gasteiger partial charge on any atom is -0.468 e. The van der Waals surface area contributed by atoms with Gasteiger partial charge in [0.2, 0.25) is 0 Å². The molecule has 1 saturated carbocycles. The molecular weight excluding hydrogens is 194 g/mol. The molecule has 0 aromatic carbocycles. The van der Waals surface area contributed by atoms with E-state index in [0.29, 0.717) is 16.7 Å². The van der Waals surface area contributed by atoms with Crippen molar-refractivity contribution in [2.45, 2.75) is 46.1 Å². The second-order valence-electron chi connectivity index (χ2n) is 5.19. The number of hydrogen-bond donors (Lipinski definition) is 1. The summed E-state index contributed by atoms with van der Waals surface area (Å²) in [5.74, 6) is 0.739. The highest BCUT2D eigenvalue weighted by molar-refractivity contribution is 7.80. The third kappa shape index (κ3) is 3.45. The molecule has 0 bridgehead atoms. The van der Waals surface area contributed by atoms with Crippen LogP contribution in [0.2, 0.25) is 0 Å². The van der Waals surface area contributed by atoms with Crippen LogP contribution in [0.25, 0.3) is 0 Å². The summed E-state index contributed by atoms with van der Waals surface area (Å²) in [6.07, 6.45) is 3.83. The molecule has 2 nitrogen and oxygen atoms in total. The van der Waals surface area contributed by atoms with Gasteiger partial charge in [0.15, 0.2) is 0 Å². The Bertz CT molecular complexity index is 215. The minimum atomic E-state index is 0.300. The molecule has 3 heteroatoms. The monoisotopic (exact) mass is 215 g/mol. The first-order chi connectivity index (χ1) is 6.43. The number of rotatable bonds is 1. The van der Waals surface area contributed by atoms with Gasteiger partial charge in [-0.1, -0.05) is 20.8 Å². The summed E-state index contributed by atoms with van der Waals surface area (Å²) in [7, 11) is 1.81. The van der Waals surface area contributed by atoms with Gasteiger partial charge in [0.25, 0.3) is 5.17 Å². The number of ether oxygens (including phenoxy) is 1. The predicted molar refractivity (Wildman–Crippen MR) is 63.3 cm³/mol. The second kappa shape index (κ2) is 4.47. The van der Waals surface area contributed by atoms with E-state index in [1.165, 1.54) is 6.42 Å². The van der Waals surface area contributed by atoms with Crippen LogP contribution < -0.4 is 5.32 Å². The smallest absolute Gasteiger partial charge is 0.256 e. The topological polar surface area (TPSA) is 21.3 Å². The van der Waals surface area contributed by atoms with Crippen molar-refractivity contribution in [1.29, 1.82) is 0 Å². The first-order valence-electron chi connectivity index (χ1n) is 5.31. The summed E-state index contributed by atoms with van der Waals surface area (Å²) in [5, 5.41) is 3.39. The quantitative estimate of drug-likeness (QED) is 0.680. The SMILES string of the molecule is CNC(=S)O[C@@H]1C[C@H](C)CC(C)(C)C1. The Morgan fingerprint density at radius 1 is 1.43 bits per heavy atom. The third-order valence-electron chi connectivity index (χ3n) is 2.82. The van der Waals surface area contributed by atoms with Crippen LogP contribution in [-0.2, 0) is 4.74 Å². The van der Waals surface area contributed by atoms with Gasteiger partial charge >= 0.3 is 0 Å². The number of thiocarbonyl (C=S) groups is 1. The Morgan fingerprint density at radius 2 is 2.07 bits per heavy atom. The molecule has 0 unspecified atom stereocenters. The van der Waals surface area contributed by atoms with Gasteiger partial charge in [-0.3, -0.25) is 0 Å². The zero-order valence-corrected chi connectivity index (χ0v) is 10.4.